The Labute approximate surface area is 94.6 Å². The molecule has 0 aromatic heterocycles. The third-order valence-corrected chi connectivity index (χ3v) is 2.45. The van der Waals surface area contributed by atoms with Gasteiger partial charge in [0.1, 0.15) is 0 Å². The Bertz CT molecular complexity index is 302. The van der Waals surface area contributed by atoms with E-state index in [9.17, 15) is 0 Å². The minimum Gasteiger partial charge on any atom is -0.383 e. The van der Waals surface area contributed by atoms with Gasteiger partial charge < -0.3 is 10.1 Å². The quantitative estimate of drug-likeness (QED) is 0.593. The van der Waals surface area contributed by atoms with E-state index in [0.717, 1.165) is 25.9 Å². The van der Waals surface area contributed by atoms with Crippen LogP contribution in [0.1, 0.15) is 11.1 Å². The summed E-state index contributed by atoms with van der Waals surface area (Å²) in [4.78, 5) is 0. The first kappa shape index (κ1) is 12.5. The molecule has 0 saturated heterocycles. The number of nitrogens with one attached hydrogen (secondary N) is 1. The maximum Gasteiger partial charge on any atom is 0.0639 e. The van der Waals surface area contributed by atoms with E-state index in [-0.39, 0.29) is 0 Å². The monoisotopic (exact) mass is 225 g/mol. The number of aryl methyl sites for hydroxylation is 2. The Kier molecular flexibility index (Phi) is 5.67. The molecule has 0 heterocycles. The van der Waals surface area contributed by atoms with Gasteiger partial charge in [-0.15, -0.1) is 9.24 Å². The summed E-state index contributed by atoms with van der Waals surface area (Å²) in [6.45, 7) is 6.68. The highest BCUT2D eigenvalue weighted by atomic mass is 31.0. The van der Waals surface area contributed by atoms with Gasteiger partial charge in [-0.25, -0.2) is 0 Å². The van der Waals surface area contributed by atoms with E-state index in [1.54, 1.807) is 0 Å². The van der Waals surface area contributed by atoms with E-state index in [4.69, 9.17) is 4.74 Å². The summed E-state index contributed by atoms with van der Waals surface area (Å²) in [6.07, 6.45) is 1.00. The highest BCUT2D eigenvalue weighted by Crippen LogP contribution is 2.15. The molecule has 1 unspecified atom stereocenters. The predicted molar refractivity (Wildman–Crippen MR) is 69.8 cm³/mol. The molecule has 0 radical (unpaired) electrons. The van der Waals surface area contributed by atoms with Gasteiger partial charge >= 0.3 is 0 Å². The van der Waals surface area contributed by atoms with E-state index in [1.165, 1.54) is 16.8 Å². The highest BCUT2D eigenvalue weighted by molar-refractivity contribution is 7.16. The molecule has 0 fully saturated rings. The summed E-state index contributed by atoms with van der Waals surface area (Å²) in [5.74, 6) is 0. The largest absolute Gasteiger partial charge is 0.383 e. The molecule has 1 aromatic rings. The van der Waals surface area contributed by atoms with Crippen molar-refractivity contribution in [1.29, 1.82) is 0 Å². The minimum atomic E-state index is 0.766. The molecule has 0 aliphatic rings. The van der Waals surface area contributed by atoms with Crippen molar-refractivity contribution in [3.63, 3.8) is 0 Å². The molecular formula is C12H20NOP. The first-order chi connectivity index (χ1) is 7.24. The molecule has 15 heavy (non-hydrogen) atoms. The Morgan fingerprint density at radius 3 is 2.80 bits per heavy atom. The first-order valence-electron chi connectivity index (χ1n) is 5.33. The average molecular weight is 225 g/mol. The fourth-order valence-electron chi connectivity index (χ4n) is 1.37. The lowest BCUT2D eigenvalue weighted by Crippen LogP contribution is -2.11. The number of hydrogen-bond donors (Lipinski definition) is 1. The van der Waals surface area contributed by atoms with Crippen molar-refractivity contribution in [2.24, 2.45) is 0 Å². The van der Waals surface area contributed by atoms with Crippen LogP contribution in [0.25, 0.3) is 0 Å². The number of benzene rings is 1. The first-order valence-corrected chi connectivity index (χ1v) is 6.14. The average Bonchev–Trinajstić information content (AvgIpc) is 2.23. The van der Waals surface area contributed by atoms with Crippen LogP contribution >= 0.6 is 9.24 Å². The Morgan fingerprint density at radius 2 is 2.07 bits per heavy atom. The zero-order valence-corrected chi connectivity index (χ0v) is 10.7. The Balaban J connectivity index is 2.33. The maximum absolute atomic E-state index is 5.39. The fourth-order valence-corrected chi connectivity index (χ4v) is 1.54. The van der Waals surface area contributed by atoms with Crippen LogP contribution in [0, 0.1) is 13.8 Å². The van der Waals surface area contributed by atoms with Gasteiger partial charge in [-0.1, -0.05) is 12.1 Å². The zero-order chi connectivity index (χ0) is 11.1. The Morgan fingerprint density at radius 1 is 1.27 bits per heavy atom. The SMILES string of the molecule is Cc1ccc(C)c(NCCOCCP)c1. The van der Waals surface area contributed by atoms with Crippen LogP contribution in [0.15, 0.2) is 18.2 Å². The smallest absolute Gasteiger partial charge is 0.0639 e. The van der Waals surface area contributed by atoms with Crippen molar-refractivity contribution in [3.8, 4) is 0 Å². The molecular weight excluding hydrogens is 205 g/mol. The van der Waals surface area contributed by atoms with Gasteiger partial charge in [-0.05, 0) is 37.2 Å². The molecule has 0 spiro atoms. The van der Waals surface area contributed by atoms with E-state index in [0.29, 0.717) is 0 Å². The van der Waals surface area contributed by atoms with Gasteiger partial charge in [0.25, 0.3) is 0 Å². The molecule has 1 atom stereocenters. The maximum atomic E-state index is 5.39. The summed E-state index contributed by atoms with van der Waals surface area (Å²) in [5, 5.41) is 3.38. The fraction of sp³-hybridized carbons (Fsp3) is 0.500. The second-order valence-corrected chi connectivity index (χ2v) is 4.22. The molecule has 0 aliphatic heterocycles. The third-order valence-electron chi connectivity index (χ3n) is 2.22. The van der Waals surface area contributed by atoms with Gasteiger partial charge in [0.2, 0.25) is 0 Å². The van der Waals surface area contributed by atoms with Crippen LogP contribution in [0.3, 0.4) is 0 Å². The van der Waals surface area contributed by atoms with E-state index in [2.05, 4.69) is 46.6 Å². The molecule has 0 saturated carbocycles. The summed E-state index contributed by atoms with van der Waals surface area (Å²) in [5.41, 5.74) is 3.78. The van der Waals surface area contributed by atoms with Crippen LogP contribution < -0.4 is 5.32 Å². The van der Waals surface area contributed by atoms with Crippen molar-refractivity contribution in [1.82, 2.24) is 0 Å². The number of hydrogen-bond acceptors (Lipinski definition) is 2. The van der Waals surface area contributed by atoms with Crippen LogP contribution in [0.5, 0.6) is 0 Å². The summed E-state index contributed by atoms with van der Waals surface area (Å²) >= 11 is 0. The molecule has 1 N–H and O–H groups in total. The molecule has 84 valence electrons. The summed E-state index contributed by atoms with van der Waals surface area (Å²) in [6, 6.07) is 6.44. The van der Waals surface area contributed by atoms with Crippen molar-refractivity contribution in [2.45, 2.75) is 13.8 Å². The molecule has 1 aromatic carbocycles. The van der Waals surface area contributed by atoms with Crippen LogP contribution in [-0.4, -0.2) is 25.9 Å². The third kappa shape index (κ3) is 4.63. The van der Waals surface area contributed by atoms with E-state index >= 15 is 0 Å². The van der Waals surface area contributed by atoms with Crippen LogP contribution in [-0.2, 0) is 4.74 Å². The number of rotatable bonds is 6. The number of anilines is 1. The van der Waals surface area contributed by atoms with Crippen molar-refractivity contribution >= 4 is 14.9 Å². The molecule has 2 nitrogen and oxygen atoms in total. The van der Waals surface area contributed by atoms with Crippen LogP contribution in [0.2, 0.25) is 0 Å². The molecule has 0 amide bonds. The molecule has 3 heteroatoms. The standard InChI is InChI=1S/C12H20NOP/c1-10-3-4-11(2)12(9-10)13-5-6-14-7-8-15/h3-4,9,13H,5-8,15H2,1-2H3. The molecule has 0 bridgehead atoms. The lowest BCUT2D eigenvalue weighted by molar-refractivity contribution is 0.160. The van der Waals surface area contributed by atoms with Crippen molar-refractivity contribution in [2.75, 3.05) is 31.2 Å². The van der Waals surface area contributed by atoms with E-state index in [1.807, 2.05) is 0 Å². The number of ether oxygens (including phenoxy) is 1. The van der Waals surface area contributed by atoms with Gasteiger partial charge in [-0.3, -0.25) is 0 Å². The summed E-state index contributed by atoms with van der Waals surface area (Å²) < 4.78 is 5.39. The minimum absolute atomic E-state index is 0.766. The second-order valence-electron chi connectivity index (χ2n) is 3.65. The lowest BCUT2D eigenvalue weighted by Gasteiger charge is -2.10. The molecule has 0 aliphatic carbocycles. The van der Waals surface area contributed by atoms with Crippen molar-refractivity contribution in [3.05, 3.63) is 29.3 Å². The van der Waals surface area contributed by atoms with Crippen LogP contribution in [0.4, 0.5) is 5.69 Å². The predicted octanol–water partition coefficient (Wildman–Crippen LogP) is 2.61. The van der Waals surface area contributed by atoms with Gasteiger partial charge in [0.15, 0.2) is 0 Å². The normalized spacial score (nSPS) is 10.3. The molecule has 1 rings (SSSR count). The summed E-state index contributed by atoms with van der Waals surface area (Å²) in [7, 11) is 2.66. The van der Waals surface area contributed by atoms with Crippen molar-refractivity contribution < 1.29 is 4.74 Å². The topological polar surface area (TPSA) is 21.3 Å². The van der Waals surface area contributed by atoms with Gasteiger partial charge in [-0.2, -0.15) is 0 Å². The van der Waals surface area contributed by atoms with E-state index < -0.39 is 0 Å². The van der Waals surface area contributed by atoms with Gasteiger partial charge in [0.05, 0.1) is 13.2 Å². The Hall–Kier alpha value is -0.590. The lowest BCUT2D eigenvalue weighted by atomic mass is 10.1. The zero-order valence-electron chi connectivity index (χ0n) is 9.55. The second kappa shape index (κ2) is 6.81. The van der Waals surface area contributed by atoms with Gasteiger partial charge in [0, 0.05) is 12.2 Å². The highest BCUT2D eigenvalue weighted by Gasteiger charge is 1.97.